The second-order valence-electron chi connectivity index (χ2n) is 5.56. The van der Waals surface area contributed by atoms with E-state index in [9.17, 15) is 18.0 Å². The number of alkyl halides is 3. The lowest BCUT2D eigenvalue weighted by molar-refractivity contribution is -0.137. The van der Waals surface area contributed by atoms with Gasteiger partial charge in [0.1, 0.15) is 0 Å². The van der Waals surface area contributed by atoms with Crippen molar-refractivity contribution in [1.29, 1.82) is 0 Å². The Morgan fingerprint density at radius 1 is 1.08 bits per heavy atom. The number of nitrogens with one attached hydrogen (secondary N) is 2. The van der Waals surface area contributed by atoms with Crippen LogP contribution in [0.2, 0.25) is 0 Å². The van der Waals surface area contributed by atoms with E-state index in [1.165, 1.54) is 24.3 Å². The highest BCUT2D eigenvalue weighted by molar-refractivity contribution is 5.92. The van der Waals surface area contributed by atoms with Crippen LogP contribution in [0.25, 0.3) is 0 Å². The minimum atomic E-state index is -4.38. The third kappa shape index (κ3) is 5.71. The second-order valence-corrected chi connectivity index (χ2v) is 5.56. The molecular formula is C16H18F3N5O. The average Bonchev–Trinajstić information content (AvgIpc) is 2.55. The number of likely N-dealkylation sites (N-methyl/N-ethyl adjacent to an activating group) is 1. The highest BCUT2D eigenvalue weighted by Gasteiger charge is 2.29. The average molecular weight is 353 g/mol. The highest BCUT2D eigenvalue weighted by atomic mass is 19.4. The van der Waals surface area contributed by atoms with Crippen LogP contribution in [-0.2, 0) is 6.18 Å². The lowest BCUT2D eigenvalue weighted by atomic mass is 10.2. The third-order valence-corrected chi connectivity index (χ3v) is 3.23. The Balaban J connectivity index is 1.95. The minimum Gasteiger partial charge on any atom is -0.349 e. The molecule has 0 spiro atoms. The van der Waals surface area contributed by atoms with Crippen molar-refractivity contribution in [1.82, 2.24) is 20.4 Å². The number of carbonyl (C=O) groups is 1. The summed E-state index contributed by atoms with van der Waals surface area (Å²) in [6.45, 7) is 1.19. The molecule has 0 aliphatic heterocycles. The van der Waals surface area contributed by atoms with Crippen LogP contribution >= 0.6 is 0 Å². The van der Waals surface area contributed by atoms with E-state index in [0.717, 1.165) is 12.1 Å². The summed E-state index contributed by atoms with van der Waals surface area (Å²) in [6, 6.07) is 7.57. The smallest absolute Gasteiger partial charge is 0.349 e. The highest BCUT2D eigenvalue weighted by Crippen LogP contribution is 2.30. The van der Waals surface area contributed by atoms with Gasteiger partial charge < -0.3 is 15.5 Å². The van der Waals surface area contributed by atoms with Crippen LogP contribution in [0.4, 0.5) is 24.7 Å². The van der Waals surface area contributed by atoms with Gasteiger partial charge in [0.05, 0.1) is 5.56 Å². The van der Waals surface area contributed by atoms with Crippen LogP contribution < -0.4 is 10.6 Å². The van der Waals surface area contributed by atoms with Crippen LogP contribution in [-0.4, -0.2) is 48.2 Å². The molecule has 0 aliphatic carbocycles. The van der Waals surface area contributed by atoms with Gasteiger partial charge in [-0.05, 0) is 50.5 Å². The fraction of sp³-hybridized carbons (Fsp3) is 0.312. The van der Waals surface area contributed by atoms with Crippen molar-refractivity contribution in [3.05, 3.63) is 47.7 Å². The van der Waals surface area contributed by atoms with Crippen molar-refractivity contribution in [2.24, 2.45) is 0 Å². The topological polar surface area (TPSA) is 70.2 Å². The lowest BCUT2D eigenvalue weighted by Gasteiger charge is -2.10. The van der Waals surface area contributed by atoms with E-state index in [-0.39, 0.29) is 11.6 Å². The van der Waals surface area contributed by atoms with Crippen LogP contribution in [0, 0.1) is 0 Å². The summed E-state index contributed by atoms with van der Waals surface area (Å²) in [5, 5.41) is 13.2. The van der Waals surface area contributed by atoms with E-state index >= 15 is 0 Å². The molecule has 0 fully saturated rings. The zero-order valence-corrected chi connectivity index (χ0v) is 13.8. The summed E-state index contributed by atoms with van der Waals surface area (Å²) in [6.07, 6.45) is -4.38. The van der Waals surface area contributed by atoms with Gasteiger partial charge in [-0.15, -0.1) is 10.2 Å². The van der Waals surface area contributed by atoms with Gasteiger partial charge in [-0.25, -0.2) is 0 Å². The SMILES string of the molecule is CN(C)CCNC(=O)c1ccc(Nc2ccc(C(F)(F)F)cc2)nn1. The number of nitrogens with zero attached hydrogens (tertiary/aromatic N) is 3. The molecular weight excluding hydrogens is 335 g/mol. The molecule has 0 aliphatic rings. The summed E-state index contributed by atoms with van der Waals surface area (Å²) in [5.41, 5.74) is -0.129. The van der Waals surface area contributed by atoms with Crippen molar-refractivity contribution < 1.29 is 18.0 Å². The van der Waals surface area contributed by atoms with Crippen molar-refractivity contribution in [2.45, 2.75) is 6.18 Å². The zero-order chi connectivity index (χ0) is 18.4. The molecule has 134 valence electrons. The molecule has 0 atom stereocenters. The second kappa shape index (κ2) is 7.93. The lowest BCUT2D eigenvalue weighted by Crippen LogP contribution is -2.31. The van der Waals surface area contributed by atoms with Crippen molar-refractivity contribution >= 4 is 17.4 Å². The molecule has 2 rings (SSSR count). The number of aromatic nitrogens is 2. The molecule has 1 amide bonds. The normalized spacial score (nSPS) is 11.4. The Labute approximate surface area is 143 Å². The molecule has 0 unspecified atom stereocenters. The minimum absolute atomic E-state index is 0.164. The number of hydrogen-bond acceptors (Lipinski definition) is 5. The van der Waals surface area contributed by atoms with Crippen LogP contribution in [0.5, 0.6) is 0 Å². The maximum Gasteiger partial charge on any atom is 0.416 e. The molecule has 0 bridgehead atoms. The molecule has 6 nitrogen and oxygen atoms in total. The first kappa shape index (κ1) is 18.7. The maximum atomic E-state index is 12.5. The molecule has 0 saturated heterocycles. The molecule has 1 heterocycles. The predicted octanol–water partition coefficient (Wildman–Crippen LogP) is 2.53. The number of benzene rings is 1. The Bertz CT molecular complexity index is 699. The van der Waals surface area contributed by atoms with Gasteiger partial charge in [-0.2, -0.15) is 13.2 Å². The summed E-state index contributed by atoms with van der Waals surface area (Å²) in [7, 11) is 3.79. The van der Waals surface area contributed by atoms with Gasteiger partial charge in [0.2, 0.25) is 0 Å². The van der Waals surface area contributed by atoms with Crippen molar-refractivity contribution in [3.63, 3.8) is 0 Å². The number of anilines is 2. The number of rotatable bonds is 6. The predicted molar refractivity (Wildman–Crippen MR) is 87.6 cm³/mol. The number of hydrogen-bond donors (Lipinski definition) is 2. The van der Waals surface area contributed by atoms with Crippen LogP contribution in [0.3, 0.4) is 0 Å². The third-order valence-electron chi connectivity index (χ3n) is 3.23. The van der Waals surface area contributed by atoms with Crippen LogP contribution in [0.15, 0.2) is 36.4 Å². The fourth-order valence-electron chi connectivity index (χ4n) is 1.89. The van der Waals surface area contributed by atoms with Gasteiger partial charge in [-0.3, -0.25) is 4.79 Å². The first-order valence-electron chi connectivity index (χ1n) is 7.46. The first-order valence-corrected chi connectivity index (χ1v) is 7.46. The van der Waals surface area contributed by atoms with Gasteiger partial charge >= 0.3 is 6.18 Å². The molecule has 1 aromatic heterocycles. The van der Waals surface area contributed by atoms with E-state index in [0.29, 0.717) is 24.6 Å². The van der Waals surface area contributed by atoms with E-state index in [1.807, 2.05) is 19.0 Å². The molecule has 9 heteroatoms. The van der Waals surface area contributed by atoms with Gasteiger partial charge in [0, 0.05) is 18.8 Å². The van der Waals surface area contributed by atoms with Gasteiger partial charge in [-0.1, -0.05) is 0 Å². The molecule has 0 saturated carbocycles. The molecule has 25 heavy (non-hydrogen) atoms. The number of amides is 1. The van der Waals surface area contributed by atoms with Gasteiger partial charge in [0.15, 0.2) is 11.5 Å². The molecule has 2 aromatic rings. The van der Waals surface area contributed by atoms with E-state index < -0.39 is 11.7 Å². The molecule has 1 aromatic carbocycles. The van der Waals surface area contributed by atoms with Crippen molar-refractivity contribution in [3.8, 4) is 0 Å². The largest absolute Gasteiger partial charge is 0.416 e. The number of halogens is 3. The Morgan fingerprint density at radius 2 is 1.76 bits per heavy atom. The Morgan fingerprint density at radius 3 is 2.28 bits per heavy atom. The summed E-state index contributed by atoms with van der Waals surface area (Å²) in [5.74, 6) is -0.0139. The quantitative estimate of drug-likeness (QED) is 0.835. The summed E-state index contributed by atoms with van der Waals surface area (Å²) in [4.78, 5) is 13.8. The van der Waals surface area contributed by atoms with Crippen molar-refractivity contribution in [2.75, 3.05) is 32.5 Å². The summed E-state index contributed by atoms with van der Waals surface area (Å²) >= 11 is 0. The fourth-order valence-corrected chi connectivity index (χ4v) is 1.89. The Hall–Kier alpha value is -2.68. The van der Waals surface area contributed by atoms with Crippen LogP contribution in [0.1, 0.15) is 16.1 Å². The monoisotopic (exact) mass is 353 g/mol. The van der Waals surface area contributed by atoms with E-state index in [1.54, 1.807) is 0 Å². The van der Waals surface area contributed by atoms with E-state index in [2.05, 4.69) is 20.8 Å². The number of carbonyl (C=O) groups excluding carboxylic acids is 1. The Kier molecular flexibility index (Phi) is 5.92. The zero-order valence-electron chi connectivity index (χ0n) is 13.8. The maximum absolute atomic E-state index is 12.5. The van der Waals surface area contributed by atoms with Gasteiger partial charge in [0.25, 0.3) is 5.91 Å². The first-order chi connectivity index (χ1) is 11.8. The molecule has 2 N–H and O–H groups in total. The summed E-state index contributed by atoms with van der Waals surface area (Å²) < 4.78 is 37.5. The molecule has 0 radical (unpaired) electrons. The standard InChI is InChI=1S/C16H18F3N5O/c1-24(2)10-9-20-15(25)13-7-8-14(23-22-13)21-12-5-3-11(4-6-12)16(17,18)19/h3-8H,9-10H2,1-2H3,(H,20,25)(H,21,23). The van der Waals surface area contributed by atoms with E-state index in [4.69, 9.17) is 0 Å².